The minimum Gasteiger partial charge on any atom is -0.497 e. The molecule has 5 rings (SSSR count). The molecule has 1 aromatic heterocycles. The Balaban J connectivity index is 1.68. The minimum atomic E-state index is -4.25. The largest absolute Gasteiger partial charge is 0.497 e. The second kappa shape index (κ2) is 21.5. The maximum atomic E-state index is 15.7. The summed E-state index contributed by atoms with van der Waals surface area (Å²) < 4.78 is 50.8. The summed E-state index contributed by atoms with van der Waals surface area (Å²) in [5.41, 5.74) is 4.58. The maximum Gasteiger partial charge on any atom is 0.244 e. The van der Waals surface area contributed by atoms with E-state index >= 15 is 8.42 Å². The highest BCUT2D eigenvalue weighted by molar-refractivity contribution is 7.89. The van der Waals surface area contributed by atoms with Crippen LogP contribution in [-0.4, -0.2) is 77.7 Å². The van der Waals surface area contributed by atoms with Gasteiger partial charge in [-0.25, -0.2) is 13.1 Å². The normalized spacial score (nSPS) is 11.6. The van der Waals surface area contributed by atoms with Crippen molar-refractivity contribution >= 4 is 10.0 Å². The molecule has 0 radical (unpaired) electrons. The van der Waals surface area contributed by atoms with Gasteiger partial charge in [0.25, 0.3) is 0 Å². The second-order valence-corrected chi connectivity index (χ2v) is 15.7. The van der Waals surface area contributed by atoms with Crippen LogP contribution in [0.15, 0.2) is 89.8 Å². The van der Waals surface area contributed by atoms with E-state index in [0.717, 1.165) is 66.5 Å². The fourth-order valence-corrected chi connectivity index (χ4v) is 8.67. The number of methoxy groups -OCH3 is 3. The van der Waals surface area contributed by atoms with E-state index in [1.807, 2.05) is 84.9 Å². The first-order valence-electron chi connectivity index (χ1n) is 19.3. The van der Waals surface area contributed by atoms with E-state index < -0.39 is 10.0 Å². The fourth-order valence-electron chi connectivity index (χ4n) is 6.79. The Bertz CT molecular complexity index is 1990. The fraction of sp³-hybridized carbons (Fsp3) is 0.419. The van der Waals surface area contributed by atoms with E-state index in [1.54, 1.807) is 26.0 Å². The average molecular weight is 786 g/mol. The molecule has 0 aliphatic heterocycles. The van der Waals surface area contributed by atoms with Crippen molar-refractivity contribution in [1.82, 2.24) is 24.5 Å². The number of unbranched alkanes of at least 4 members (excludes halogenated alkanes) is 6. The van der Waals surface area contributed by atoms with E-state index in [4.69, 9.17) is 14.2 Å². The third kappa shape index (κ3) is 11.4. The van der Waals surface area contributed by atoms with Gasteiger partial charge in [0.2, 0.25) is 10.0 Å². The quantitative estimate of drug-likeness (QED) is 0.0627. The van der Waals surface area contributed by atoms with Gasteiger partial charge in [-0.1, -0.05) is 74.2 Å². The Hall–Kier alpha value is -4.82. The lowest BCUT2D eigenvalue weighted by Crippen LogP contribution is -2.32. The Morgan fingerprint density at radius 3 is 1.52 bits per heavy atom. The van der Waals surface area contributed by atoms with E-state index in [9.17, 15) is 10.2 Å². The van der Waals surface area contributed by atoms with Crippen LogP contribution in [0, 0.1) is 0 Å². The smallest absolute Gasteiger partial charge is 0.244 e. The van der Waals surface area contributed by atoms with Crippen molar-refractivity contribution in [2.24, 2.45) is 0 Å². The lowest BCUT2D eigenvalue weighted by molar-refractivity contribution is 0.282. The highest BCUT2D eigenvalue weighted by atomic mass is 32.2. The van der Waals surface area contributed by atoms with E-state index in [-0.39, 0.29) is 31.2 Å². The molecule has 56 heavy (non-hydrogen) atoms. The number of nitrogens with zero attached hydrogens (tertiary/aromatic N) is 5. The van der Waals surface area contributed by atoms with E-state index in [2.05, 4.69) is 15.5 Å². The van der Waals surface area contributed by atoms with Gasteiger partial charge in [0.15, 0.2) is 5.82 Å². The van der Waals surface area contributed by atoms with Crippen LogP contribution in [0.5, 0.6) is 17.2 Å². The number of benzene rings is 4. The Morgan fingerprint density at radius 1 is 0.589 bits per heavy atom. The first kappa shape index (κ1) is 42.3. The molecule has 0 aliphatic carbocycles. The number of hydrogen-bond donors (Lipinski definition) is 2. The van der Waals surface area contributed by atoms with Crippen LogP contribution in [0.2, 0.25) is 0 Å². The van der Waals surface area contributed by atoms with Crippen LogP contribution in [0.25, 0.3) is 11.4 Å². The Kier molecular flexibility index (Phi) is 16.2. The third-order valence-corrected chi connectivity index (χ3v) is 11.8. The number of tetrazole rings is 1. The molecule has 13 heteroatoms. The number of ether oxygens (including phenoxy) is 3. The van der Waals surface area contributed by atoms with Crippen molar-refractivity contribution in [2.75, 3.05) is 34.5 Å². The Labute approximate surface area is 331 Å². The molecular formula is C43H55N5O7S. The first-order chi connectivity index (χ1) is 27.3. The first-order valence-corrected chi connectivity index (χ1v) is 20.8. The van der Waals surface area contributed by atoms with Crippen LogP contribution >= 0.6 is 0 Å². The molecule has 0 saturated carbocycles. The van der Waals surface area contributed by atoms with Gasteiger partial charge < -0.3 is 24.4 Å². The summed E-state index contributed by atoms with van der Waals surface area (Å²) in [4.78, 5) is 0.209. The molecule has 0 saturated heterocycles. The van der Waals surface area contributed by atoms with Gasteiger partial charge in [0, 0.05) is 31.9 Å². The summed E-state index contributed by atoms with van der Waals surface area (Å²) in [6.45, 7) is 0.790. The number of aryl methyl sites for hydroxylation is 2. The molecule has 2 N–H and O–H groups in total. The van der Waals surface area contributed by atoms with Gasteiger partial charge in [-0.15, -0.1) is 5.10 Å². The molecule has 0 amide bonds. The lowest BCUT2D eigenvalue weighted by atomic mass is 9.95. The van der Waals surface area contributed by atoms with Crippen molar-refractivity contribution in [2.45, 2.75) is 88.7 Å². The van der Waals surface area contributed by atoms with Crippen molar-refractivity contribution < 1.29 is 32.8 Å². The summed E-state index contributed by atoms with van der Waals surface area (Å²) >= 11 is 0. The number of aromatic nitrogens is 4. The number of hydrogen-bond acceptors (Lipinski definition) is 10. The number of rotatable bonds is 24. The van der Waals surface area contributed by atoms with Gasteiger partial charge in [0.05, 0.1) is 32.8 Å². The van der Waals surface area contributed by atoms with Gasteiger partial charge in [0.1, 0.15) is 17.2 Å². The van der Waals surface area contributed by atoms with Crippen molar-refractivity contribution in [1.29, 1.82) is 0 Å². The summed E-state index contributed by atoms with van der Waals surface area (Å²) in [7, 11) is 0.570. The summed E-state index contributed by atoms with van der Waals surface area (Å²) in [5, 5.41) is 31.8. The Morgan fingerprint density at radius 2 is 1.04 bits per heavy atom. The molecule has 0 atom stereocenters. The summed E-state index contributed by atoms with van der Waals surface area (Å²) in [6.07, 6.45) is 7.52. The monoisotopic (exact) mass is 785 g/mol. The molecule has 0 unspecified atom stereocenters. The zero-order chi connectivity index (χ0) is 39.8. The number of aliphatic hydroxyl groups excluding tert-OH is 2. The van der Waals surface area contributed by atoms with Crippen LogP contribution in [-0.2, 0) is 42.5 Å². The van der Waals surface area contributed by atoms with Crippen molar-refractivity contribution in [3.05, 3.63) is 113 Å². The summed E-state index contributed by atoms with van der Waals surface area (Å²) in [5.74, 6) is 2.46. The zero-order valence-electron chi connectivity index (χ0n) is 32.8. The molecule has 12 nitrogen and oxygen atoms in total. The SMILES string of the molecule is COc1ccc(CN(Cc2ccc(OC)cc2)S(=O)(=O)c2c(CCCCCCO)ccc(CCCCCCO)c2-c2nnnn2Cc2ccc(OC)cc2)cc1. The van der Waals surface area contributed by atoms with Crippen LogP contribution in [0.3, 0.4) is 0 Å². The minimum absolute atomic E-state index is 0.107. The van der Waals surface area contributed by atoms with Crippen LogP contribution in [0.4, 0.5) is 0 Å². The van der Waals surface area contributed by atoms with Gasteiger partial charge in [-0.2, -0.15) is 4.31 Å². The second-order valence-electron chi connectivity index (χ2n) is 13.8. The highest BCUT2D eigenvalue weighted by Crippen LogP contribution is 2.38. The van der Waals surface area contributed by atoms with Gasteiger partial charge >= 0.3 is 0 Å². The van der Waals surface area contributed by atoms with E-state index in [0.29, 0.717) is 60.7 Å². The molecule has 1 heterocycles. The average Bonchev–Trinajstić information content (AvgIpc) is 3.68. The van der Waals surface area contributed by atoms with Gasteiger partial charge in [-0.3, -0.25) is 0 Å². The molecule has 0 spiro atoms. The molecule has 0 aliphatic rings. The number of aliphatic hydroxyl groups is 2. The maximum absolute atomic E-state index is 15.7. The summed E-state index contributed by atoms with van der Waals surface area (Å²) in [6, 6.07) is 26.5. The van der Waals surface area contributed by atoms with Crippen molar-refractivity contribution in [3.63, 3.8) is 0 Å². The highest BCUT2D eigenvalue weighted by Gasteiger charge is 2.34. The topological polar surface area (TPSA) is 149 Å². The molecular weight excluding hydrogens is 731 g/mol. The van der Waals surface area contributed by atoms with Crippen LogP contribution in [0.1, 0.15) is 79.2 Å². The zero-order valence-corrected chi connectivity index (χ0v) is 33.6. The number of sulfonamides is 1. The lowest BCUT2D eigenvalue weighted by Gasteiger charge is -2.27. The van der Waals surface area contributed by atoms with Crippen LogP contribution < -0.4 is 14.2 Å². The standard InChI is InChI=1S/C43H55N5O7S/c1-53-38-22-14-33(15-23-38)30-47(31-34-16-24-39(54-2)25-17-34)56(51,52)42-37(13-9-5-7-11-29-50)21-20-36(12-8-4-6-10-28-49)41(42)43-44-45-46-48(43)32-35-18-26-40(55-3)27-19-35/h14-27,49-50H,4-13,28-32H2,1-3H3. The molecule has 5 aromatic rings. The molecule has 4 aromatic carbocycles. The molecule has 0 fully saturated rings. The predicted octanol–water partition coefficient (Wildman–Crippen LogP) is 7.00. The molecule has 300 valence electrons. The van der Waals surface area contributed by atoms with Crippen molar-refractivity contribution in [3.8, 4) is 28.6 Å². The van der Waals surface area contributed by atoms with Gasteiger partial charge in [-0.05, 0) is 113 Å². The third-order valence-electron chi connectivity index (χ3n) is 9.91. The predicted molar refractivity (Wildman–Crippen MR) is 216 cm³/mol. The van der Waals surface area contributed by atoms with E-state index in [1.165, 1.54) is 4.31 Å². The molecule has 0 bridgehead atoms.